The zero-order chi connectivity index (χ0) is 24.2. The Morgan fingerprint density at radius 1 is 1.09 bits per heavy atom. The van der Waals surface area contributed by atoms with Gasteiger partial charge in [-0.2, -0.15) is 5.10 Å². The van der Waals surface area contributed by atoms with Crippen LogP contribution in [0.1, 0.15) is 18.1 Å². The molecule has 0 radical (unpaired) electrons. The van der Waals surface area contributed by atoms with E-state index in [-0.39, 0.29) is 6.61 Å². The minimum atomic E-state index is -0.642. The van der Waals surface area contributed by atoms with Crippen molar-refractivity contribution in [2.45, 2.75) is 13.5 Å². The topological polar surface area (TPSA) is 85.7 Å². The van der Waals surface area contributed by atoms with Crippen LogP contribution in [0.5, 0.6) is 11.5 Å². The second-order valence-corrected chi connectivity index (χ2v) is 9.30. The van der Waals surface area contributed by atoms with Crippen molar-refractivity contribution in [2.24, 2.45) is 5.10 Å². The van der Waals surface area contributed by atoms with Gasteiger partial charge in [-0.1, -0.05) is 61.7 Å². The lowest BCUT2D eigenvalue weighted by molar-refractivity contribution is 0.269. The number of ether oxygens (including phenoxy) is 2. The molecule has 0 aliphatic rings. The highest BCUT2D eigenvalue weighted by Gasteiger charge is 2.14. The quantitative estimate of drug-likeness (QED) is 0.272. The molecule has 174 valence electrons. The number of hydrogen-bond acceptors (Lipinski definition) is 5. The fourth-order valence-corrected chi connectivity index (χ4v) is 4.67. The van der Waals surface area contributed by atoms with Gasteiger partial charge in [0.05, 0.1) is 28.7 Å². The van der Waals surface area contributed by atoms with E-state index < -0.39 is 11.2 Å². The van der Waals surface area contributed by atoms with Crippen LogP contribution in [-0.2, 0) is 6.61 Å². The number of halogens is 3. The number of para-hydroxylation sites is 1. The summed E-state index contributed by atoms with van der Waals surface area (Å²) in [4.78, 5) is 27.7. The summed E-state index contributed by atoms with van der Waals surface area (Å²) < 4.78 is 14.3. The van der Waals surface area contributed by atoms with Gasteiger partial charge in [0.2, 0.25) is 0 Å². The Hall–Kier alpha value is -2.88. The molecule has 4 rings (SSSR count). The van der Waals surface area contributed by atoms with Gasteiger partial charge in [-0.05, 0) is 48.9 Å². The van der Waals surface area contributed by atoms with Crippen molar-refractivity contribution in [3.8, 4) is 11.5 Å². The number of rotatable bonds is 7. The third-order valence-electron chi connectivity index (χ3n) is 4.82. The van der Waals surface area contributed by atoms with E-state index in [1.54, 1.807) is 36.4 Å². The SMILES string of the molecule is CCOc1cc(C=Nn2c(=O)[nH]c3ccccc3c2=O)cc(Cl)c1OCc1ccc(Br)cc1Br. The standard InChI is InChI=1S/C24H18Br2ClN3O4/c1-2-33-21-10-14(9-19(27)22(21)34-13-15-7-8-16(25)11-18(15)26)12-28-30-23(31)17-5-3-4-6-20(17)29-24(30)32/h3-12H,2,13H2,1H3,(H,29,32). The molecule has 7 nitrogen and oxygen atoms in total. The van der Waals surface area contributed by atoms with E-state index in [0.717, 1.165) is 19.2 Å². The fraction of sp³-hybridized carbons (Fsp3) is 0.125. The molecule has 0 saturated carbocycles. The molecule has 0 aliphatic carbocycles. The van der Waals surface area contributed by atoms with Crippen LogP contribution < -0.4 is 20.7 Å². The van der Waals surface area contributed by atoms with Crippen LogP contribution in [0, 0.1) is 0 Å². The van der Waals surface area contributed by atoms with E-state index in [9.17, 15) is 9.59 Å². The van der Waals surface area contributed by atoms with Gasteiger partial charge in [-0.3, -0.25) is 4.79 Å². The predicted molar refractivity (Wildman–Crippen MR) is 141 cm³/mol. The van der Waals surface area contributed by atoms with Crippen molar-refractivity contribution in [3.63, 3.8) is 0 Å². The van der Waals surface area contributed by atoms with Crippen LogP contribution >= 0.6 is 43.5 Å². The molecule has 1 heterocycles. The molecule has 1 aromatic heterocycles. The Bertz CT molecular complexity index is 1510. The van der Waals surface area contributed by atoms with Crippen LogP contribution in [0.4, 0.5) is 0 Å². The third kappa shape index (κ3) is 5.27. The number of nitrogens with one attached hydrogen (secondary N) is 1. The lowest BCUT2D eigenvalue weighted by atomic mass is 10.2. The molecule has 0 amide bonds. The molecule has 0 bridgehead atoms. The first-order valence-corrected chi connectivity index (χ1v) is 12.1. The molecule has 0 saturated heterocycles. The molecule has 3 aromatic carbocycles. The molecule has 0 unspecified atom stereocenters. The Morgan fingerprint density at radius 2 is 1.88 bits per heavy atom. The number of fused-ring (bicyclic) bond motifs is 1. The molecule has 1 N–H and O–H groups in total. The second kappa shape index (κ2) is 10.6. The molecular weight excluding hydrogens is 590 g/mol. The number of nitrogens with zero attached hydrogens (tertiary/aromatic N) is 2. The van der Waals surface area contributed by atoms with Gasteiger partial charge in [0.25, 0.3) is 5.56 Å². The van der Waals surface area contributed by atoms with Gasteiger partial charge in [-0.25, -0.2) is 4.79 Å². The first-order valence-electron chi connectivity index (χ1n) is 10.2. The largest absolute Gasteiger partial charge is 0.490 e. The van der Waals surface area contributed by atoms with Crippen LogP contribution in [-0.4, -0.2) is 22.5 Å². The molecule has 10 heteroatoms. The molecule has 4 aromatic rings. The van der Waals surface area contributed by atoms with Gasteiger partial charge in [0.1, 0.15) is 6.61 Å². The molecular formula is C24H18Br2ClN3O4. The highest BCUT2D eigenvalue weighted by Crippen LogP contribution is 2.37. The maximum Gasteiger partial charge on any atom is 0.349 e. The minimum Gasteiger partial charge on any atom is -0.490 e. The molecule has 0 aliphatic heterocycles. The van der Waals surface area contributed by atoms with E-state index in [0.29, 0.717) is 39.6 Å². The van der Waals surface area contributed by atoms with E-state index in [2.05, 4.69) is 41.9 Å². The summed E-state index contributed by atoms with van der Waals surface area (Å²) in [5.41, 5.74) is 0.750. The maximum absolute atomic E-state index is 12.7. The summed E-state index contributed by atoms with van der Waals surface area (Å²) in [5.74, 6) is 0.806. The van der Waals surface area contributed by atoms with Crippen molar-refractivity contribution in [1.29, 1.82) is 0 Å². The Labute approximate surface area is 216 Å². The number of aromatic amines is 1. The molecule has 0 spiro atoms. The summed E-state index contributed by atoms with van der Waals surface area (Å²) in [7, 11) is 0. The van der Waals surface area contributed by atoms with Crippen molar-refractivity contribution in [3.05, 3.63) is 101 Å². The number of benzene rings is 3. The first-order chi connectivity index (χ1) is 16.4. The van der Waals surface area contributed by atoms with Gasteiger partial charge < -0.3 is 14.5 Å². The average molecular weight is 608 g/mol. The third-order valence-corrected chi connectivity index (χ3v) is 6.34. The smallest absolute Gasteiger partial charge is 0.349 e. The highest BCUT2D eigenvalue weighted by molar-refractivity contribution is 9.11. The summed E-state index contributed by atoms with van der Waals surface area (Å²) >= 11 is 13.5. The van der Waals surface area contributed by atoms with Gasteiger partial charge in [0.15, 0.2) is 11.5 Å². The van der Waals surface area contributed by atoms with E-state index >= 15 is 0 Å². The number of H-pyrrole nitrogens is 1. The van der Waals surface area contributed by atoms with Gasteiger partial charge in [-0.15, -0.1) is 4.68 Å². The minimum absolute atomic E-state index is 0.267. The molecule has 0 atom stereocenters. The van der Waals surface area contributed by atoms with Crippen LogP contribution in [0.3, 0.4) is 0 Å². The summed E-state index contributed by atoms with van der Waals surface area (Å²) in [6, 6.07) is 15.8. The molecule has 0 fully saturated rings. The number of aromatic nitrogens is 2. The van der Waals surface area contributed by atoms with Crippen molar-refractivity contribution in [1.82, 2.24) is 9.66 Å². The van der Waals surface area contributed by atoms with E-state index in [4.69, 9.17) is 21.1 Å². The highest BCUT2D eigenvalue weighted by atomic mass is 79.9. The normalized spacial score (nSPS) is 11.3. The summed E-state index contributed by atoms with van der Waals surface area (Å²) in [5, 5.41) is 4.74. The Kier molecular flexibility index (Phi) is 7.55. The summed E-state index contributed by atoms with van der Waals surface area (Å²) in [6.45, 7) is 2.50. The average Bonchev–Trinajstić information content (AvgIpc) is 2.80. The van der Waals surface area contributed by atoms with Crippen LogP contribution in [0.15, 0.2) is 78.2 Å². The maximum atomic E-state index is 12.7. The second-order valence-electron chi connectivity index (χ2n) is 7.12. The summed E-state index contributed by atoms with van der Waals surface area (Å²) in [6.07, 6.45) is 1.37. The monoisotopic (exact) mass is 605 g/mol. The van der Waals surface area contributed by atoms with Crippen molar-refractivity contribution in [2.75, 3.05) is 6.61 Å². The lowest BCUT2D eigenvalue weighted by Gasteiger charge is -2.15. The lowest BCUT2D eigenvalue weighted by Crippen LogP contribution is -2.32. The van der Waals surface area contributed by atoms with Crippen molar-refractivity contribution >= 4 is 60.6 Å². The Balaban J connectivity index is 1.65. The van der Waals surface area contributed by atoms with E-state index in [1.165, 1.54) is 6.21 Å². The molecule has 34 heavy (non-hydrogen) atoms. The van der Waals surface area contributed by atoms with Gasteiger partial charge >= 0.3 is 5.69 Å². The van der Waals surface area contributed by atoms with Crippen LogP contribution in [0.25, 0.3) is 10.9 Å². The van der Waals surface area contributed by atoms with E-state index in [1.807, 2.05) is 25.1 Å². The van der Waals surface area contributed by atoms with Gasteiger partial charge in [0, 0.05) is 14.5 Å². The predicted octanol–water partition coefficient (Wildman–Crippen LogP) is 5.73. The Morgan fingerprint density at radius 3 is 2.65 bits per heavy atom. The van der Waals surface area contributed by atoms with Crippen LogP contribution in [0.2, 0.25) is 5.02 Å². The first kappa shape index (κ1) is 24.3. The fourth-order valence-electron chi connectivity index (χ4n) is 3.24. The van der Waals surface area contributed by atoms with Crippen molar-refractivity contribution < 1.29 is 9.47 Å². The zero-order valence-corrected chi connectivity index (χ0v) is 21.8. The zero-order valence-electron chi connectivity index (χ0n) is 17.8. The number of hydrogen-bond donors (Lipinski definition) is 1.